The number of rotatable bonds is 6. The summed E-state index contributed by atoms with van der Waals surface area (Å²) in [6.07, 6.45) is 1.14. The maximum absolute atomic E-state index is 5.91. The molecule has 3 rings (SSSR count). The van der Waals surface area contributed by atoms with Gasteiger partial charge in [-0.3, -0.25) is 4.99 Å². The Morgan fingerprint density at radius 1 is 1.31 bits per heavy atom. The molecule has 0 spiro atoms. The van der Waals surface area contributed by atoms with Gasteiger partial charge in [0.05, 0.1) is 13.2 Å². The Bertz CT molecular complexity index is 724. The first kappa shape index (κ1) is 18.5. The molecule has 1 aliphatic heterocycles. The van der Waals surface area contributed by atoms with Crippen LogP contribution in [0.5, 0.6) is 0 Å². The van der Waals surface area contributed by atoms with Crippen molar-refractivity contribution >= 4 is 5.96 Å². The highest BCUT2D eigenvalue weighted by Crippen LogP contribution is 2.18. The fourth-order valence-corrected chi connectivity index (χ4v) is 3.44. The van der Waals surface area contributed by atoms with E-state index in [9.17, 15) is 0 Å². The number of benzene rings is 1. The summed E-state index contributed by atoms with van der Waals surface area (Å²) in [4.78, 5) is 6.76. The maximum atomic E-state index is 5.91. The van der Waals surface area contributed by atoms with E-state index in [1.54, 1.807) is 0 Å². The average molecular weight is 355 g/mol. The normalized spacial score (nSPS) is 17.7. The van der Waals surface area contributed by atoms with Gasteiger partial charge in [0.2, 0.25) is 0 Å². The molecule has 1 fully saturated rings. The van der Waals surface area contributed by atoms with Crippen molar-refractivity contribution < 1.29 is 9.15 Å². The third-order valence-corrected chi connectivity index (χ3v) is 4.84. The van der Waals surface area contributed by atoms with Gasteiger partial charge in [-0.1, -0.05) is 30.3 Å². The monoisotopic (exact) mass is 355 g/mol. The number of nitrogens with zero attached hydrogens (tertiary/aromatic N) is 2. The fourth-order valence-electron chi connectivity index (χ4n) is 3.44. The van der Waals surface area contributed by atoms with E-state index in [1.165, 1.54) is 11.1 Å². The molecule has 0 aliphatic carbocycles. The number of ether oxygens (including phenoxy) is 1. The van der Waals surface area contributed by atoms with E-state index in [0.717, 1.165) is 50.1 Å². The van der Waals surface area contributed by atoms with Crippen LogP contribution in [0.15, 0.2) is 45.8 Å². The van der Waals surface area contributed by atoms with Gasteiger partial charge in [-0.25, -0.2) is 0 Å². The summed E-state index contributed by atoms with van der Waals surface area (Å²) >= 11 is 0. The Morgan fingerprint density at radius 3 is 2.81 bits per heavy atom. The average Bonchev–Trinajstić information content (AvgIpc) is 3.23. The summed E-state index contributed by atoms with van der Waals surface area (Å²) in [5, 5.41) is 3.46. The molecule has 1 unspecified atom stereocenters. The zero-order valence-electron chi connectivity index (χ0n) is 16.0. The Morgan fingerprint density at radius 2 is 2.12 bits per heavy atom. The van der Waals surface area contributed by atoms with Crippen molar-refractivity contribution in [3.05, 3.63) is 59.0 Å². The molecule has 1 aromatic heterocycles. The molecule has 1 aromatic carbocycles. The summed E-state index contributed by atoms with van der Waals surface area (Å²) in [6, 6.07) is 12.4. The lowest BCUT2D eigenvalue weighted by Crippen LogP contribution is -2.39. The van der Waals surface area contributed by atoms with Gasteiger partial charge in [-0.2, -0.15) is 0 Å². The summed E-state index contributed by atoms with van der Waals surface area (Å²) in [5.41, 5.74) is 2.41. The SMILES string of the molecule is CN=C(NCc1cc(C)oc1C)N1CCC(COCc2ccccc2)C1. The van der Waals surface area contributed by atoms with Crippen LogP contribution >= 0.6 is 0 Å². The summed E-state index contributed by atoms with van der Waals surface area (Å²) in [7, 11) is 1.84. The molecule has 0 bridgehead atoms. The number of guanidine groups is 1. The van der Waals surface area contributed by atoms with Crippen LogP contribution < -0.4 is 5.32 Å². The van der Waals surface area contributed by atoms with Gasteiger partial charge in [-0.05, 0) is 31.9 Å². The lowest BCUT2D eigenvalue weighted by atomic mass is 10.1. The highest BCUT2D eigenvalue weighted by Gasteiger charge is 2.25. The highest BCUT2D eigenvalue weighted by atomic mass is 16.5. The number of aryl methyl sites for hydroxylation is 2. The number of likely N-dealkylation sites (tertiary alicyclic amines) is 1. The first-order chi connectivity index (χ1) is 12.7. The van der Waals surface area contributed by atoms with E-state index in [-0.39, 0.29) is 0 Å². The van der Waals surface area contributed by atoms with Crippen LogP contribution in [0.2, 0.25) is 0 Å². The van der Waals surface area contributed by atoms with Gasteiger partial charge in [0, 0.05) is 38.2 Å². The van der Waals surface area contributed by atoms with Crippen LogP contribution in [0.1, 0.15) is 29.1 Å². The standard InChI is InChI=1S/C21H29N3O2/c1-16-11-20(17(2)26-16)12-23-21(22-3)24-10-9-19(13-24)15-25-14-18-7-5-4-6-8-18/h4-8,11,19H,9-10,12-15H2,1-3H3,(H,22,23). The second-order valence-electron chi connectivity index (χ2n) is 6.94. The van der Waals surface area contributed by atoms with Crippen LogP contribution in [-0.2, 0) is 17.9 Å². The topological polar surface area (TPSA) is 50.0 Å². The third kappa shape index (κ3) is 4.88. The second-order valence-corrected chi connectivity index (χ2v) is 6.94. The first-order valence-corrected chi connectivity index (χ1v) is 9.29. The molecular weight excluding hydrogens is 326 g/mol. The predicted octanol–water partition coefficient (Wildman–Crippen LogP) is 3.51. The first-order valence-electron chi connectivity index (χ1n) is 9.29. The summed E-state index contributed by atoms with van der Waals surface area (Å²) in [5.74, 6) is 3.43. The fraction of sp³-hybridized carbons (Fsp3) is 0.476. The molecule has 2 heterocycles. The smallest absolute Gasteiger partial charge is 0.193 e. The van der Waals surface area contributed by atoms with Crippen LogP contribution in [0.3, 0.4) is 0 Å². The van der Waals surface area contributed by atoms with E-state index in [4.69, 9.17) is 9.15 Å². The summed E-state index contributed by atoms with van der Waals surface area (Å²) in [6.45, 7) is 8.20. The van der Waals surface area contributed by atoms with Crippen molar-refractivity contribution in [3.8, 4) is 0 Å². The molecule has 1 N–H and O–H groups in total. The molecule has 1 atom stereocenters. The van der Waals surface area contributed by atoms with Crippen LogP contribution in [0, 0.1) is 19.8 Å². The van der Waals surface area contributed by atoms with E-state index in [1.807, 2.05) is 27.0 Å². The molecule has 0 radical (unpaired) electrons. The number of furan rings is 1. The minimum Gasteiger partial charge on any atom is -0.466 e. The molecule has 1 aliphatic rings. The zero-order chi connectivity index (χ0) is 18.4. The third-order valence-electron chi connectivity index (χ3n) is 4.84. The van der Waals surface area contributed by atoms with Crippen molar-refractivity contribution in [2.45, 2.75) is 33.4 Å². The number of aliphatic imine (C=N–C) groups is 1. The lowest BCUT2D eigenvalue weighted by Gasteiger charge is -2.21. The van der Waals surface area contributed by atoms with Crippen molar-refractivity contribution in [2.75, 3.05) is 26.7 Å². The number of hydrogen-bond acceptors (Lipinski definition) is 3. The van der Waals surface area contributed by atoms with Gasteiger partial charge in [0.15, 0.2) is 5.96 Å². The van der Waals surface area contributed by atoms with Crippen molar-refractivity contribution in [3.63, 3.8) is 0 Å². The highest BCUT2D eigenvalue weighted by molar-refractivity contribution is 5.80. The van der Waals surface area contributed by atoms with E-state index in [0.29, 0.717) is 12.5 Å². The van der Waals surface area contributed by atoms with Gasteiger partial charge < -0.3 is 19.4 Å². The largest absolute Gasteiger partial charge is 0.466 e. The Hall–Kier alpha value is -2.27. The predicted molar refractivity (Wildman–Crippen MR) is 104 cm³/mol. The second kappa shape index (κ2) is 8.90. The van der Waals surface area contributed by atoms with Crippen LogP contribution in [0.4, 0.5) is 0 Å². The molecule has 140 valence electrons. The van der Waals surface area contributed by atoms with Gasteiger partial charge in [-0.15, -0.1) is 0 Å². The number of nitrogens with one attached hydrogen (secondary N) is 1. The van der Waals surface area contributed by atoms with Gasteiger partial charge in [0.1, 0.15) is 11.5 Å². The van der Waals surface area contributed by atoms with E-state index in [2.05, 4.69) is 45.5 Å². The van der Waals surface area contributed by atoms with Crippen LogP contribution in [-0.4, -0.2) is 37.6 Å². The Kier molecular flexibility index (Phi) is 6.34. The quantitative estimate of drug-likeness (QED) is 0.636. The molecule has 5 heteroatoms. The summed E-state index contributed by atoms with van der Waals surface area (Å²) < 4.78 is 11.5. The lowest BCUT2D eigenvalue weighted by molar-refractivity contribution is 0.0906. The van der Waals surface area contributed by atoms with Gasteiger partial charge >= 0.3 is 0 Å². The molecule has 1 saturated heterocycles. The zero-order valence-corrected chi connectivity index (χ0v) is 16.0. The molecular formula is C21H29N3O2. The van der Waals surface area contributed by atoms with Crippen molar-refractivity contribution in [1.82, 2.24) is 10.2 Å². The van der Waals surface area contributed by atoms with Gasteiger partial charge in [0.25, 0.3) is 0 Å². The van der Waals surface area contributed by atoms with Crippen molar-refractivity contribution in [1.29, 1.82) is 0 Å². The van der Waals surface area contributed by atoms with E-state index >= 15 is 0 Å². The van der Waals surface area contributed by atoms with Crippen molar-refractivity contribution in [2.24, 2.45) is 10.9 Å². The minimum atomic E-state index is 0.551. The van der Waals surface area contributed by atoms with E-state index < -0.39 is 0 Å². The Balaban J connectivity index is 1.43. The molecule has 0 amide bonds. The molecule has 0 saturated carbocycles. The maximum Gasteiger partial charge on any atom is 0.193 e. The molecule has 2 aromatic rings. The van der Waals surface area contributed by atoms with Crippen LogP contribution in [0.25, 0.3) is 0 Å². The minimum absolute atomic E-state index is 0.551. The molecule has 5 nitrogen and oxygen atoms in total. The number of hydrogen-bond donors (Lipinski definition) is 1. The Labute approximate surface area is 156 Å². The molecule has 26 heavy (non-hydrogen) atoms.